The molecule has 4 atom stereocenters. The Bertz CT molecular complexity index is 1820. The molecule has 0 radical (unpaired) electrons. The normalized spacial score (nSPS) is 22.2. The zero-order chi connectivity index (χ0) is 30.7. The SMILES string of the molecule is CCC1(c2cccc(C)c2)Oc2cccnc2-n2cccc2C1=O.Cc1cn([C@H]2C[C@H](N=[N+]=[N-])[C@@H](CO)O2)c(=O)[nH]c1=O. The smallest absolute Gasteiger partial charge is 0.330 e. The van der Waals surface area contributed by atoms with Crippen molar-refractivity contribution in [3.63, 3.8) is 0 Å². The Morgan fingerprint density at radius 2 is 2.00 bits per heavy atom. The average molecular weight is 586 g/mol. The molecule has 0 bridgehead atoms. The molecule has 0 saturated carbocycles. The monoisotopic (exact) mass is 585 g/mol. The Morgan fingerprint density at radius 1 is 1.19 bits per heavy atom. The molecule has 0 aliphatic carbocycles. The van der Waals surface area contributed by atoms with Gasteiger partial charge in [0.2, 0.25) is 5.78 Å². The average Bonchev–Trinajstić information content (AvgIpc) is 3.63. The third-order valence-electron chi connectivity index (χ3n) is 7.63. The van der Waals surface area contributed by atoms with E-state index in [1.807, 2.05) is 73.1 Å². The fourth-order valence-electron chi connectivity index (χ4n) is 5.40. The topological polar surface area (TPSA) is 177 Å². The van der Waals surface area contributed by atoms with Gasteiger partial charge in [0.05, 0.1) is 24.4 Å². The molecular weight excluding hydrogens is 554 g/mol. The van der Waals surface area contributed by atoms with Crippen LogP contribution < -0.4 is 16.0 Å². The Morgan fingerprint density at radius 3 is 2.72 bits per heavy atom. The predicted octanol–water partition coefficient (Wildman–Crippen LogP) is 3.87. The van der Waals surface area contributed by atoms with Gasteiger partial charge in [-0.1, -0.05) is 41.9 Å². The Hall–Kier alpha value is -4.97. The van der Waals surface area contributed by atoms with Crippen molar-refractivity contribution in [2.45, 2.75) is 57.6 Å². The van der Waals surface area contributed by atoms with E-state index in [1.165, 1.54) is 10.8 Å². The quantitative estimate of drug-likeness (QED) is 0.203. The van der Waals surface area contributed by atoms with Crippen LogP contribution in [0.4, 0.5) is 0 Å². The van der Waals surface area contributed by atoms with E-state index in [4.69, 9.17) is 20.1 Å². The van der Waals surface area contributed by atoms with Crippen LogP contribution in [0.3, 0.4) is 0 Å². The van der Waals surface area contributed by atoms with Gasteiger partial charge in [-0.3, -0.25) is 23.7 Å². The minimum absolute atomic E-state index is 0.0430. The largest absolute Gasteiger partial charge is 0.470 e. The molecule has 0 spiro atoms. The van der Waals surface area contributed by atoms with E-state index < -0.39 is 35.2 Å². The van der Waals surface area contributed by atoms with Crippen LogP contribution in [0, 0.1) is 13.8 Å². The summed E-state index contributed by atoms with van der Waals surface area (Å²) >= 11 is 0. The number of azide groups is 1. The summed E-state index contributed by atoms with van der Waals surface area (Å²) in [5.41, 5.74) is 9.28. The highest BCUT2D eigenvalue weighted by molar-refractivity contribution is 6.03. The van der Waals surface area contributed by atoms with Crippen LogP contribution in [0.25, 0.3) is 16.3 Å². The zero-order valence-electron chi connectivity index (χ0n) is 23.9. The number of aromatic amines is 1. The first-order valence-corrected chi connectivity index (χ1v) is 13.8. The summed E-state index contributed by atoms with van der Waals surface area (Å²) in [6, 6.07) is 14.8. The Kier molecular flexibility index (Phi) is 8.31. The van der Waals surface area contributed by atoms with Gasteiger partial charge in [0.1, 0.15) is 6.23 Å². The molecule has 43 heavy (non-hydrogen) atoms. The van der Waals surface area contributed by atoms with Crippen molar-refractivity contribution < 1.29 is 19.4 Å². The number of benzene rings is 1. The first-order valence-electron chi connectivity index (χ1n) is 13.8. The summed E-state index contributed by atoms with van der Waals surface area (Å²) in [5, 5.41) is 12.7. The number of H-pyrrole nitrogens is 1. The number of ketones is 1. The van der Waals surface area contributed by atoms with Crippen LogP contribution in [0.1, 0.15) is 53.2 Å². The molecule has 1 fully saturated rings. The number of ether oxygens (including phenoxy) is 2. The van der Waals surface area contributed by atoms with Crippen LogP contribution in [0.15, 0.2) is 81.8 Å². The molecule has 5 heterocycles. The second-order valence-electron chi connectivity index (χ2n) is 10.4. The van der Waals surface area contributed by atoms with Gasteiger partial charge < -0.3 is 14.6 Å². The molecule has 3 aromatic heterocycles. The number of nitrogens with zero attached hydrogens (tertiary/aromatic N) is 6. The minimum atomic E-state index is -1.05. The number of fused-ring (bicyclic) bond motifs is 3. The van der Waals surface area contributed by atoms with Gasteiger partial charge in [0.15, 0.2) is 17.2 Å². The highest BCUT2D eigenvalue weighted by Crippen LogP contribution is 2.40. The van der Waals surface area contributed by atoms with E-state index in [-0.39, 0.29) is 18.8 Å². The molecular formula is C30H31N7O6. The molecule has 2 N–H and O–H groups in total. The van der Waals surface area contributed by atoms with Crippen molar-refractivity contribution in [2.75, 3.05) is 6.61 Å². The number of hydrogen-bond donors (Lipinski definition) is 2. The summed E-state index contributed by atoms with van der Waals surface area (Å²) in [6.45, 7) is 5.26. The van der Waals surface area contributed by atoms with Crippen LogP contribution in [-0.2, 0) is 10.3 Å². The third-order valence-corrected chi connectivity index (χ3v) is 7.63. The number of pyridine rings is 1. The minimum Gasteiger partial charge on any atom is -0.470 e. The van der Waals surface area contributed by atoms with Crippen molar-refractivity contribution in [3.05, 3.63) is 121 Å². The van der Waals surface area contributed by atoms with Gasteiger partial charge >= 0.3 is 5.69 Å². The van der Waals surface area contributed by atoms with Crippen molar-refractivity contribution in [2.24, 2.45) is 5.11 Å². The fourth-order valence-corrected chi connectivity index (χ4v) is 5.40. The number of carbonyl (C=O) groups is 1. The molecule has 4 aromatic rings. The number of aliphatic hydroxyl groups excluding tert-OH is 1. The molecule has 13 nitrogen and oxygen atoms in total. The summed E-state index contributed by atoms with van der Waals surface area (Å²) in [7, 11) is 0. The van der Waals surface area contributed by atoms with Gasteiger partial charge in [0, 0.05) is 41.0 Å². The zero-order valence-corrected chi connectivity index (χ0v) is 23.9. The third kappa shape index (κ3) is 5.48. The first-order chi connectivity index (χ1) is 20.7. The lowest BCUT2D eigenvalue weighted by molar-refractivity contribution is -0.0271. The highest BCUT2D eigenvalue weighted by Gasteiger charge is 2.45. The number of carbonyl (C=O) groups excluding carboxylic acids is 1. The maximum Gasteiger partial charge on any atom is 0.330 e. The van der Waals surface area contributed by atoms with Gasteiger partial charge in [-0.05, 0) is 50.1 Å². The van der Waals surface area contributed by atoms with Crippen LogP contribution in [0.2, 0.25) is 0 Å². The number of nitrogens with one attached hydrogen (secondary N) is 1. The van der Waals surface area contributed by atoms with Crippen LogP contribution >= 0.6 is 0 Å². The van der Waals surface area contributed by atoms with Crippen molar-refractivity contribution in [1.82, 2.24) is 19.1 Å². The molecule has 6 rings (SSSR count). The van der Waals surface area contributed by atoms with E-state index in [2.05, 4.69) is 20.0 Å². The van der Waals surface area contributed by atoms with Crippen molar-refractivity contribution >= 4 is 5.78 Å². The van der Waals surface area contributed by atoms with E-state index in [0.29, 0.717) is 29.2 Å². The number of aliphatic hydroxyl groups is 1. The van der Waals surface area contributed by atoms with E-state index in [1.54, 1.807) is 13.1 Å². The molecule has 222 valence electrons. The van der Waals surface area contributed by atoms with E-state index >= 15 is 0 Å². The van der Waals surface area contributed by atoms with Crippen molar-refractivity contribution in [1.29, 1.82) is 0 Å². The van der Waals surface area contributed by atoms with Crippen LogP contribution in [-0.4, -0.2) is 48.7 Å². The second-order valence-corrected chi connectivity index (χ2v) is 10.4. The molecule has 2 aliphatic heterocycles. The summed E-state index contributed by atoms with van der Waals surface area (Å²) in [4.78, 5) is 45.7. The molecule has 2 aliphatic rings. The lowest BCUT2D eigenvalue weighted by Gasteiger charge is -2.31. The lowest BCUT2D eigenvalue weighted by Crippen LogP contribution is -2.41. The number of rotatable bonds is 5. The van der Waals surface area contributed by atoms with Gasteiger partial charge in [-0.25, -0.2) is 9.78 Å². The van der Waals surface area contributed by atoms with Crippen molar-refractivity contribution in [3.8, 4) is 11.6 Å². The number of aryl methyl sites for hydroxylation is 2. The van der Waals surface area contributed by atoms with Gasteiger partial charge in [0.25, 0.3) is 5.56 Å². The first kappa shape index (κ1) is 29.5. The standard InChI is InChI=1S/C20H18N2O2.C10H13N5O4/c1-3-20(15-8-4-7-14(2)13-15)18(23)16-9-6-12-22(16)19-17(24-20)10-5-11-21-19;1-5-3-15(10(18)12-9(5)17)8-2-6(13-14-11)7(4-16)19-8/h4-13H,3H2,1-2H3;3,6-8,16H,2,4H2,1H3,(H,12,17,18)/t;6-,7+,8+/m.0/s1. The van der Waals surface area contributed by atoms with E-state index in [9.17, 15) is 14.4 Å². The fraction of sp³-hybridized carbons (Fsp3) is 0.333. The molecule has 1 aromatic carbocycles. The molecule has 1 saturated heterocycles. The molecule has 13 heteroatoms. The maximum atomic E-state index is 13.5. The second kappa shape index (κ2) is 12.1. The lowest BCUT2D eigenvalue weighted by atomic mass is 9.84. The Balaban J connectivity index is 0.000000177. The molecule has 0 amide bonds. The van der Waals surface area contributed by atoms with Crippen LogP contribution in [0.5, 0.6) is 5.75 Å². The predicted molar refractivity (Wildman–Crippen MR) is 156 cm³/mol. The summed E-state index contributed by atoms with van der Waals surface area (Å²) in [6.07, 6.45) is 4.43. The number of aromatic nitrogens is 4. The highest BCUT2D eigenvalue weighted by atomic mass is 16.5. The number of hydrogen-bond acceptors (Lipinski definition) is 8. The molecule has 1 unspecified atom stereocenters. The summed E-state index contributed by atoms with van der Waals surface area (Å²) in [5.74, 6) is 1.22. The summed E-state index contributed by atoms with van der Waals surface area (Å²) < 4.78 is 14.9. The van der Waals surface area contributed by atoms with Gasteiger partial charge in [-0.2, -0.15) is 0 Å². The van der Waals surface area contributed by atoms with Gasteiger partial charge in [-0.15, -0.1) is 0 Å². The maximum absolute atomic E-state index is 13.5. The number of Topliss-reactive ketones (excluding diaryl/α,β-unsaturated/α-hetero) is 1. The Labute approximate surface area is 246 Å². The van der Waals surface area contributed by atoms with E-state index in [0.717, 1.165) is 11.1 Å².